The molecule has 1 aromatic heterocycles. The molecule has 1 fully saturated rings. The van der Waals surface area contributed by atoms with Crippen LogP contribution in [0.15, 0.2) is 6.07 Å². The largest absolute Gasteiger partial charge is 0.369 e. The van der Waals surface area contributed by atoms with Crippen molar-refractivity contribution in [3.05, 3.63) is 16.1 Å². The highest BCUT2D eigenvalue weighted by atomic mass is 35.5. The summed E-state index contributed by atoms with van der Waals surface area (Å²) in [6, 6.07) is 2.21. The third-order valence-electron chi connectivity index (χ3n) is 3.85. The van der Waals surface area contributed by atoms with Gasteiger partial charge in [0.2, 0.25) is 0 Å². The van der Waals surface area contributed by atoms with Gasteiger partial charge in [-0.25, -0.2) is 4.98 Å². The Hall–Kier alpha value is -0.710. The second kappa shape index (κ2) is 8.06. The topological polar surface area (TPSA) is 40.2 Å². The number of nitrogens with zero attached hydrogens (tertiary/aromatic N) is 2. The summed E-state index contributed by atoms with van der Waals surface area (Å²) in [6.07, 6.45) is 3.96. The molecule has 1 unspecified atom stereocenters. The van der Waals surface area contributed by atoms with Gasteiger partial charge in [-0.1, -0.05) is 29.6 Å². The maximum atomic E-state index is 6.22. The highest BCUT2D eigenvalue weighted by Crippen LogP contribution is 2.29. The van der Waals surface area contributed by atoms with E-state index < -0.39 is 0 Å². The van der Waals surface area contributed by atoms with Crippen molar-refractivity contribution in [2.75, 3.05) is 36.8 Å². The Kier molecular flexibility index (Phi) is 6.40. The third kappa shape index (κ3) is 4.63. The molecule has 0 amide bonds. The first-order valence-electron chi connectivity index (χ1n) is 7.69. The molecule has 0 spiro atoms. The van der Waals surface area contributed by atoms with Crippen molar-refractivity contribution in [3.63, 3.8) is 0 Å². The van der Waals surface area contributed by atoms with E-state index in [1.807, 2.05) is 6.92 Å². The van der Waals surface area contributed by atoms with E-state index >= 15 is 0 Å². The molecule has 1 aliphatic rings. The number of pyridine rings is 1. The van der Waals surface area contributed by atoms with Crippen LogP contribution in [0, 0.1) is 0 Å². The number of anilines is 2. The minimum Gasteiger partial charge on any atom is -0.369 e. The third-order valence-corrected chi connectivity index (χ3v) is 4.43. The van der Waals surface area contributed by atoms with Crippen LogP contribution in [0.4, 0.5) is 11.6 Å². The molecule has 21 heavy (non-hydrogen) atoms. The summed E-state index contributed by atoms with van der Waals surface area (Å²) in [7, 11) is 0. The van der Waals surface area contributed by atoms with Crippen LogP contribution >= 0.6 is 23.2 Å². The Morgan fingerprint density at radius 2 is 1.76 bits per heavy atom. The monoisotopic (exact) mass is 330 g/mol. The van der Waals surface area contributed by atoms with Gasteiger partial charge >= 0.3 is 0 Å². The fourth-order valence-corrected chi connectivity index (χ4v) is 3.11. The number of hydrogen-bond donors (Lipinski definition) is 2. The lowest BCUT2D eigenvalue weighted by Crippen LogP contribution is -2.41. The molecule has 6 heteroatoms. The van der Waals surface area contributed by atoms with Crippen molar-refractivity contribution < 1.29 is 0 Å². The highest BCUT2D eigenvalue weighted by molar-refractivity contribution is 6.37. The first-order chi connectivity index (χ1) is 10.1. The molecule has 0 aliphatic carbocycles. The summed E-state index contributed by atoms with van der Waals surface area (Å²) in [4.78, 5) is 6.99. The van der Waals surface area contributed by atoms with Crippen LogP contribution < -0.4 is 10.6 Å². The van der Waals surface area contributed by atoms with E-state index in [1.165, 1.54) is 32.4 Å². The van der Waals surface area contributed by atoms with Gasteiger partial charge < -0.3 is 10.6 Å². The van der Waals surface area contributed by atoms with Crippen molar-refractivity contribution in [3.8, 4) is 0 Å². The first-order valence-corrected chi connectivity index (χ1v) is 8.45. The smallest absolute Gasteiger partial charge is 0.147 e. The van der Waals surface area contributed by atoms with Crippen molar-refractivity contribution >= 4 is 34.8 Å². The zero-order chi connectivity index (χ0) is 15.2. The number of nitrogens with one attached hydrogen (secondary N) is 2. The molecule has 118 valence electrons. The van der Waals surface area contributed by atoms with Gasteiger partial charge in [0.05, 0.1) is 10.0 Å². The lowest BCUT2D eigenvalue weighted by Gasteiger charge is -2.32. The zero-order valence-corrected chi connectivity index (χ0v) is 14.3. The van der Waals surface area contributed by atoms with E-state index in [9.17, 15) is 0 Å². The molecule has 2 N–H and O–H groups in total. The molecular weight excluding hydrogens is 307 g/mol. The molecule has 2 heterocycles. The molecule has 0 bridgehead atoms. The SMILES string of the molecule is CCNc1nc(NCC(C)N2CCCCC2)c(Cl)cc1Cl. The molecule has 1 atom stereocenters. The second-order valence-electron chi connectivity index (χ2n) is 5.51. The number of aromatic nitrogens is 1. The first kappa shape index (κ1) is 16.7. The molecule has 0 aromatic carbocycles. The molecule has 1 aromatic rings. The summed E-state index contributed by atoms with van der Waals surface area (Å²) in [5.74, 6) is 1.37. The van der Waals surface area contributed by atoms with Crippen LogP contribution in [0.25, 0.3) is 0 Å². The Bertz CT molecular complexity index is 461. The predicted molar refractivity (Wildman–Crippen MR) is 91.8 cm³/mol. The maximum absolute atomic E-state index is 6.22. The van der Waals surface area contributed by atoms with Gasteiger partial charge in [0.15, 0.2) is 0 Å². The van der Waals surface area contributed by atoms with E-state index in [-0.39, 0.29) is 0 Å². The Morgan fingerprint density at radius 3 is 2.38 bits per heavy atom. The molecular formula is C15H24Cl2N4. The lowest BCUT2D eigenvalue weighted by molar-refractivity contribution is 0.180. The fourth-order valence-electron chi connectivity index (χ4n) is 2.61. The highest BCUT2D eigenvalue weighted by Gasteiger charge is 2.17. The van der Waals surface area contributed by atoms with Gasteiger partial charge in [-0.3, -0.25) is 4.90 Å². The van der Waals surface area contributed by atoms with E-state index in [0.717, 1.165) is 13.1 Å². The standard InChI is InChI=1S/C15H24Cl2N4/c1-3-18-14-12(16)9-13(17)15(20-14)19-10-11(2)21-7-5-4-6-8-21/h9,11H,3-8,10H2,1-2H3,(H2,18,19,20). The summed E-state index contributed by atoms with van der Waals surface area (Å²) >= 11 is 12.3. The van der Waals surface area contributed by atoms with Crippen LogP contribution in [0.3, 0.4) is 0 Å². The van der Waals surface area contributed by atoms with Gasteiger partial charge in [-0.05, 0) is 45.8 Å². The summed E-state index contributed by atoms with van der Waals surface area (Å²) in [6.45, 7) is 8.24. The Labute approximate surface area is 137 Å². The average molecular weight is 331 g/mol. The van der Waals surface area contributed by atoms with Crippen LogP contribution in [-0.2, 0) is 0 Å². The number of hydrogen-bond acceptors (Lipinski definition) is 4. The quantitative estimate of drug-likeness (QED) is 0.823. The van der Waals surface area contributed by atoms with Crippen molar-refractivity contribution in [2.24, 2.45) is 0 Å². The minimum absolute atomic E-state index is 0.474. The van der Waals surface area contributed by atoms with Gasteiger partial charge in [-0.15, -0.1) is 0 Å². The van der Waals surface area contributed by atoms with E-state index in [4.69, 9.17) is 23.2 Å². The number of rotatable bonds is 6. The van der Waals surface area contributed by atoms with Gasteiger partial charge in [0, 0.05) is 19.1 Å². The van der Waals surface area contributed by atoms with Gasteiger partial charge in [0.25, 0.3) is 0 Å². The van der Waals surface area contributed by atoms with Gasteiger partial charge in [-0.2, -0.15) is 0 Å². The molecule has 1 aliphatic heterocycles. The van der Waals surface area contributed by atoms with Crippen molar-refractivity contribution in [1.29, 1.82) is 0 Å². The van der Waals surface area contributed by atoms with Crippen LogP contribution in [0.2, 0.25) is 10.0 Å². The Morgan fingerprint density at radius 1 is 1.14 bits per heavy atom. The zero-order valence-electron chi connectivity index (χ0n) is 12.8. The van der Waals surface area contributed by atoms with Crippen molar-refractivity contribution in [1.82, 2.24) is 9.88 Å². The summed E-state index contributed by atoms with van der Waals surface area (Å²) in [5, 5.41) is 7.61. The second-order valence-corrected chi connectivity index (χ2v) is 6.32. The van der Waals surface area contributed by atoms with Crippen LogP contribution in [0.1, 0.15) is 33.1 Å². The summed E-state index contributed by atoms with van der Waals surface area (Å²) < 4.78 is 0. The van der Waals surface area contributed by atoms with Crippen molar-refractivity contribution in [2.45, 2.75) is 39.2 Å². The molecule has 4 nitrogen and oxygen atoms in total. The van der Waals surface area contributed by atoms with Crippen LogP contribution in [0.5, 0.6) is 0 Å². The average Bonchev–Trinajstić information content (AvgIpc) is 2.49. The molecule has 2 rings (SSSR count). The van der Waals surface area contributed by atoms with E-state index in [2.05, 4.69) is 27.4 Å². The maximum Gasteiger partial charge on any atom is 0.147 e. The number of halogens is 2. The molecule has 0 radical (unpaired) electrons. The fraction of sp³-hybridized carbons (Fsp3) is 0.667. The predicted octanol–water partition coefficient (Wildman–Crippen LogP) is 4.11. The van der Waals surface area contributed by atoms with E-state index in [0.29, 0.717) is 27.7 Å². The van der Waals surface area contributed by atoms with Gasteiger partial charge in [0.1, 0.15) is 11.6 Å². The minimum atomic E-state index is 0.474. The normalized spacial score (nSPS) is 17.5. The lowest BCUT2D eigenvalue weighted by atomic mass is 10.1. The molecule has 0 saturated carbocycles. The van der Waals surface area contributed by atoms with E-state index in [1.54, 1.807) is 6.07 Å². The Balaban J connectivity index is 1.96. The number of likely N-dealkylation sites (tertiary alicyclic amines) is 1. The van der Waals surface area contributed by atoms with Crippen LogP contribution in [-0.4, -0.2) is 42.1 Å². The molecule has 1 saturated heterocycles. The summed E-state index contributed by atoms with van der Waals surface area (Å²) in [5.41, 5.74) is 0. The number of piperidine rings is 1.